The molecular formula is C17H13N3O2. The van der Waals surface area contributed by atoms with Gasteiger partial charge in [-0.05, 0) is 36.8 Å². The zero-order valence-electron chi connectivity index (χ0n) is 12.0. The molecule has 0 radical (unpaired) electrons. The second-order valence-corrected chi connectivity index (χ2v) is 4.79. The topological polar surface area (TPSA) is 72.8 Å². The Labute approximate surface area is 127 Å². The molecule has 0 unspecified atom stereocenters. The minimum atomic E-state index is -0.612. The molecule has 1 aromatic carbocycles. The Hall–Kier alpha value is -2.95. The highest BCUT2D eigenvalue weighted by atomic mass is 16.2. The number of hydrogen-bond acceptors (Lipinski definition) is 5. The summed E-state index contributed by atoms with van der Waals surface area (Å²) in [6.45, 7) is 1.94. The highest BCUT2D eigenvalue weighted by Gasteiger charge is 2.20. The smallest absolute Gasteiger partial charge is 0.251 e. The third-order valence-electron chi connectivity index (χ3n) is 3.34. The van der Waals surface area contributed by atoms with E-state index in [0.717, 1.165) is 5.69 Å². The van der Waals surface area contributed by atoms with E-state index < -0.39 is 11.6 Å². The second-order valence-electron chi connectivity index (χ2n) is 4.79. The number of ketones is 2. The van der Waals surface area contributed by atoms with E-state index in [1.807, 2.05) is 13.0 Å². The third-order valence-corrected chi connectivity index (χ3v) is 3.34. The minimum Gasteiger partial charge on any atom is -0.285 e. The van der Waals surface area contributed by atoms with Gasteiger partial charge in [0.2, 0.25) is 5.78 Å². The Bertz CT molecular complexity index is 874. The highest BCUT2D eigenvalue weighted by Crippen LogP contribution is 2.13. The lowest BCUT2D eigenvalue weighted by Crippen LogP contribution is -2.16. The second kappa shape index (κ2) is 5.81. The first-order valence-corrected chi connectivity index (χ1v) is 6.95. The number of carbonyl (C=O) groups is 2. The average molecular weight is 291 g/mol. The molecule has 0 spiro atoms. The van der Waals surface area contributed by atoms with Crippen LogP contribution in [0.15, 0.2) is 48.8 Å². The first-order valence-electron chi connectivity index (χ1n) is 6.95. The number of fused-ring (bicyclic) bond motifs is 1. The Morgan fingerprint density at radius 2 is 1.73 bits per heavy atom. The summed E-state index contributed by atoms with van der Waals surface area (Å²) in [6.07, 6.45) is 3.83. The summed E-state index contributed by atoms with van der Waals surface area (Å²) in [7, 11) is 0. The van der Waals surface area contributed by atoms with Gasteiger partial charge in [0.15, 0.2) is 0 Å². The molecule has 0 saturated carbocycles. The SMILES string of the molecule is CCc1cccc(C(=O)C(=O)c2ccc3nccnc3c2)n1. The zero-order chi connectivity index (χ0) is 15.5. The van der Waals surface area contributed by atoms with E-state index in [-0.39, 0.29) is 5.69 Å². The summed E-state index contributed by atoms with van der Waals surface area (Å²) in [6, 6.07) is 9.96. The number of nitrogens with zero attached hydrogens (tertiary/aromatic N) is 3. The number of Topliss-reactive ketones (excluding diaryl/α,β-unsaturated/α-hetero) is 2. The predicted octanol–water partition coefficient (Wildman–Crippen LogP) is 2.65. The summed E-state index contributed by atoms with van der Waals surface area (Å²) >= 11 is 0. The van der Waals surface area contributed by atoms with Crippen molar-refractivity contribution in [2.24, 2.45) is 0 Å². The Morgan fingerprint density at radius 1 is 0.955 bits per heavy atom. The van der Waals surface area contributed by atoms with E-state index in [1.165, 1.54) is 0 Å². The van der Waals surface area contributed by atoms with Gasteiger partial charge in [-0.15, -0.1) is 0 Å². The van der Waals surface area contributed by atoms with Crippen molar-refractivity contribution in [3.8, 4) is 0 Å². The molecule has 0 amide bonds. The molecule has 0 fully saturated rings. The molecule has 0 aliphatic carbocycles. The molecule has 0 saturated heterocycles. The quantitative estimate of drug-likeness (QED) is 0.546. The van der Waals surface area contributed by atoms with Crippen LogP contribution in [0, 0.1) is 0 Å². The van der Waals surface area contributed by atoms with Crippen LogP contribution in [0.25, 0.3) is 11.0 Å². The van der Waals surface area contributed by atoms with Crippen LogP contribution in [-0.4, -0.2) is 26.5 Å². The minimum absolute atomic E-state index is 0.170. The monoisotopic (exact) mass is 291 g/mol. The average Bonchev–Trinajstić information content (AvgIpc) is 2.60. The molecule has 108 valence electrons. The van der Waals surface area contributed by atoms with Gasteiger partial charge in [0, 0.05) is 23.7 Å². The van der Waals surface area contributed by atoms with E-state index in [1.54, 1.807) is 42.7 Å². The van der Waals surface area contributed by atoms with Gasteiger partial charge >= 0.3 is 0 Å². The van der Waals surface area contributed by atoms with Gasteiger partial charge in [0.05, 0.1) is 11.0 Å². The maximum Gasteiger partial charge on any atom is 0.251 e. The summed E-state index contributed by atoms with van der Waals surface area (Å²) in [5.41, 5.74) is 2.50. The van der Waals surface area contributed by atoms with Crippen LogP contribution in [0.3, 0.4) is 0 Å². The van der Waals surface area contributed by atoms with Crippen molar-refractivity contribution in [2.45, 2.75) is 13.3 Å². The number of pyridine rings is 1. The number of benzene rings is 1. The maximum absolute atomic E-state index is 12.4. The Morgan fingerprint density at radius 3 is 2.50 bits per heavy atom. The number of hydrogen-bond donors (Lipinski definition) is 0. The molecule has 0 atom stereocenters. The number of aryl methyl sites for hydroxylation is 1. The van der Waals surface area contributed by atoms with Crippen LogP contribution in [0.1, 0.15) is 33.5 Å². The van der Waals surface area contributed by atoms with Crippen LogP contribution >= 0.6 is 0 Å². The normalized spacial score (nSPS) is 10.6. The molecule has 0 aliphatic rings. The van der Waals surface area contributed by atoms with Gasteiger partial charge in [-0.3, -0.25) is 19.6 Å². The van der Waals surface area contributed by atoms with Crippen LogP contribution in [0.4, 0.5) is 0 Å². The van der Waals surface area contributed by atoms with Gasteiger partial charge in [-0.25, -0.2) is 4.98 Å². The molecular weight excluding hydrogens is 278 g/mol. The first kappa shape index (κ1) is 14.0. The lowest BCUT2D eigenvalue weighted by molar-refractivity contribution is 0.0814. The molecule has 5 heteroatoms. The van der Waals surface area contributed by atoms with Gasteiger partial charge in [-0.1, -0.05) is 13.0 Å². The number of aromatic nitrogens is 3. The zero-order valence-corrected chi connectivity index (χ0v) is 12.0. The Balaban J connectivity index is 1.95. The fraction of sp³-hybridized carbons (Fsp3) is 0.118. The molecule has 0 aliphatic heterocycles. The van der Waals surface area contributed by atoms with Crippen molar-refractivity contribution in [1.29, 1.82) is 0 Å². The molecule has 5 nitrogen and oxygen atoms in total. The van der Waals surface area contributed by atoms with Crippen molar-refractivity contribution in [3.63, 3.8) is 0 Å². The first-order chi connectivity index (χ1) is 10.7. The summed E-state index contributed by atoms with van der Waals surface area (Å²) in [5.74, 6) is -1.20. The lowest BCUT2D eigenvalue weighted by atomic mass is 10.0. The Kier molecular flexibility index (Phi) is 3.70. The van der Waals surface area contributed by atoms with E-state index in [0.29, 0.717) is 23.0 Å². The van der Waals surface area contributed by atoms with E-state index >= 15 is 0 Å². The largest absolute Gasteiger partial charge is 0.285 e. The number of rotatable bonds is 4. The van der Waals surface area contributed by atoms with Gasteiger partial charge < -0.3 is 0 Å². The van der Waals surface area contributed by atoms with Crippen LogP contribution in [-0.2, 0) is 6.42 Å². The molecule has 22 heavy (non-hydrogen) atoms. The molecule has 0 bridgehead atoms. The predicted molar refractivity (Wildman–Crippen MR) is 81.8 cm³/mol. The van der Waals surface area contributed by atoms with E-state index in [4.69, 9.17) is 0 Å². The van der Waals surface area contributed by atoms with Crippen LogP contribution in [0.2, 0.25) is 0 Å². The van der Waals surface area contributed by atoms with Crippen LogP contribution < -0.4 is 0 Å². The molecule has 2 aromatic heterocycles. The van der Waals surface area contributed by atoms with Crippen molar-refractivity contribution in [2.75, 3.05) is 0 Å². The molecule has 3 rings (SSSR count). The van der Waals surface area contributed by atoms with Gasteiger partial charge in [0.25, 0.3) is 5.78 Å². The summed E-state index contributed by atoms with van der Waals surface area (Å²) < 4.78 is 0. The maximum atomic E-state index is 12.4. The molecule has 0 N–H and O–H groups in total. The molecule has 3 aromatic rings. The van der Waals surface area contributed by atoms with Crippen molar-refractivity contribution < 1.29 is 9.59 Å². The summed E-state index contributed by atoms with van der Waals surface area (Å²) in [5, 5.41) is 0. The standard InChI is InChI=1S/C17H13N3O2/c1-2-12-4-3-5-14(20-12)17(22)16(21)11-6-7-13-15(10-11)19-9-8-18-13/h3-10H,2H2,1H3. The highest BCUT2D eigenvalue weighted by molar-refractivity contribution is 6.49. The fourth-order valence-corrected chi connectivity index (χ4v) is 2.15. The van der Waals surface area contributed by atoms with E-state index in [9.17, 15) is 9.59 Å². The number of carbonyl (C=O) groups excluding carboxylic acids is 2. The lowest BCUT2D eigenvalue weighted by Gasteiger charge is -2.03. The fourth-order valence-electron chi connectivity index (χ4n) is 2.15. The van der Waals surface area contributed by atoms with E-state index in [2.05, 4.69) is 15.0 Å². The van der Waals surface area contributed by atoms with Crippen LogP contribution in [0.5, 0.6) is 0 Å². The molecule has 2 heterocycles. The van der Waals surface area contributed by atoms with Crippen molar-refractivity contribution in [3.05, 3.63) is 65.7 Å². The summed E-state index contributed by atoms with van der Waals surface area (Å²) in [4.78, 5) is 37.1. The van der Waals surface area contributed by atoms with Gasteiger partial charge in [-0.2, -0.15) is 0 Å². The van der Waals surface area contributed by atoms with Gasteiger partial charge in [0.1, 0.15) is 5.69 Å². The van der Waals surface area contributed by atoms with Crippen molar-refractivity contribution >= 4 is 22.6 Å². The van der Waals surface area contributed by atoms with Crippen molar-refractivity contribution in [1.82, 2.24) is 15.0 Å². The third kappa shape index (κ3) is 2.61.